The van der Waals surface area contributed by atoms with Gasteiger partial charge >= 0.3 is 0 Å². The van der Waals surface area contributed by atoms with Crippen molar-refractivity contribution in [3.05, 3.63) is 90.5 Å². The molecule has 3 aromatic rings. The van der Waals surface area contributed by atoms with E-state index in [0.29, 0.717) is 5.11 Å². The Morgan fingerprint density at radius 1 is 0.926 bits per heavy atom. The van der Waals surface area contributed by atoms with Gasteiger partial charge in [0.2, 0.25) is 7.29 Å². The Balaban J connectivity index is 1.88. The molecule has 1 fully saturated rings. The normalized spacial score (nSPS) is 21.7. The first-order valence-corrected chi connectivity index (χ1v) is 10.7. The van der Waals surface area contributed by atoms with Crippen LogP contribution in [0.2, 0.25) is 0 Å². The van der Waals surface area contributed by atoms with E-state index < -0.39 is 13.1 Å². The van der Waals surface area contributed by atoms with E-state index in [1.54, 1.807) is 11.8 Å². The summed E-state index contributed by atoms with van der Waals surface area (Å²) < 4.78 is 21.6. The first kappa shape index (κ1) is 17.8. The van der Waals surface area contributed by atoms with Gasteiger partial charge in [-0.3, -0.25) is 9.24 Å². The molecule has 0 bridgehead atoms. The molecule has 1 saturated heterocycles. The summed E-state index contributed by atoms with van der Waals surface area (Å²) in [6.45, 7) is 0. The quantitative estimate of drug-likeness (QED) is 0.514. The smallest absolute Gasteiger partial charge is 0.232 e. The Labute approximate surface area is 164 Å². The second-order valence-electron chi connectivity index (χ2n) is 6.23. The number of anilines is 1. The van der Waals surface area contributed by atoms with Crippen LogP contribution < -0.4 is 20.0 Å². The van der Waals surface area contributed by atoms with Crippen LogP contribution in [0.25, 0.3) is 0 Å². The predicted octanol–water partition coefficient (Wildman–Crippen LogP) is 4.69. The van der Waals surface area contributed by atoms with Crippen molar-refractivity contribution in [1.29, 1.82) is 0 Å². The number of methoxy groups -OCH3 is 1. The van der Waals surface area contributed by atoms with Gasteiger partial charge < -0.3 is 10.1 Å². The maximum Gasteiger partial charge on any atom is 0.232 e. The Morgan fingerprint density at radius 2 is 1.52 bits per heavy atom. The lowest BCUT2D eigenvalue weighted by atomic mass is 10.2. The third kappa shape index (κ3) is 3.03. The lowest BCUT2D eigenvalue weighted by molar-refractivity contribution is 0.414. The van der Waals surface area contributed by atoms with Gasteiger partial charge in [-0.15, -0.1) is 0 Å². The fourth-order valence-corrected chi connectivity index (χ4v) is 7.06. The molecule has 0 spiro atoms. The topological polar surface area (TPSA) is 41.6 Å². The Kier molecular flexibility index (Phi) is 4.73. The average Bonchev–Trinajstić information content (AvgIpc) is 3.01. The van der Waals surface area contributed by atoms with Gasteiger partial charge in [0.05, 0.1) is 12.8 Å². The van der Waals surface area contributed by atoms with E-state index in [0.717, 1.165) is 22.3 Å². The van der Waals surface area contributed by atoms with Gasteiger partial charge in [0.15, 0.2) is 5.11 Å². The van der Waals surface area contributed by atoms with Crippen LogP contribution in [0.1, 0.15) is 11.3 Å². The van der Waals surface area contributed by atoms with E-state index in [1.165, 1.54) is 0 Å². The maximum absolute atomic E-state index is 14.6. The minimum Gasteiger partial charge on any atom is -0.497 e. The van der Waals surface area contributed by atoms with E-state index in [2.05, 4.69) is 5.32 Å². The first-order chi connectivity index (χ1) is 13.1. The first-order valence-electron chi connectivity index (χ1n) is 8.60. The third-order valence-corrected chi connectivity index (χ3v) is 8.28. The second-order valence-corrected chi connectivity index (χ2v) is 9.30. The molecule has 1 aliphatic heterocycles. The lowest BCUT2D eigenvalue weighted by Gasteiger charge is -2.28. The Morgan fingerprint density at radius 3 is 2.11 bits per heavy atom. The summed E-state index contributed by atoms with van der Waals surface area (Å²) in [5.41, 5.74) is 1.72. The molecule has 1 aliphatic rings. The highest BCUT2D eigenvalue weighted by Gasteiger charge is 2.49. The number of para-hydroxylation sites is 1. The predicted molar refractivity (Wildman–Crippen MR) is 114 cm³/mol. The van der Waals surface area contributed by atoms with Crippen LogP contribution in [0.4, 0.5) is 5.69 Å². The summed E-state index contributed by atoms with van der Waals surface area (Å²) in [6, 6.07) is 26.8. The zero-order chi connectivity index (χ0) is 18.9. The van der Waals surface area contributed by atoms with Gasteiger partial charge in [-0.2, -0.15) is 0 Å². The Hall–Kier alpha value is -2.62. The minimum absolute atomic E-state index is 0.432. The van der Waals surface area contributed by atoms with E-state index in [9.17, 15) is 4.57 Å². The SMILES string of the molecule is COc1ccc(C2NC(=S)N(c3ccccc3)P2(=O)c2ccccc2)cc1. The van der Waals surface area contributed by atoms with Crippen molar-refractivity contribution < 1.29 is 9.30 Å². The maximum atomic E-state index is 14.6. The molecular formula is C21H19N2O2PS. The number of nitrogens with one attached hydrogen (secondary N) is 1. The molecule has 4 nitrogen and oxygen atoms in total. The third-order valence-electron chi connectivity index (χ3n) is 4.66. The molecule has 6 heteroatoms. The fourth-order valence-electron chi connectivity index (χ4n) is 3.35. The number of rotatable bonds is 4. The molecule has 3 aromatic carbocycles. The molecule has 0 saturated carbocycles. The highest BCUT2D eigenvalue weighted by Crippen LogP contribution is 2.64. The average molecular weight is 394 g/mol. The van der Waals surface area contributed by atoms with Crippen LogP contribution >= 0.6 is 19.5 Å². The van der Waals surface area contributed by atoms with Crippen LogP contribution in [0.15, 0.2) is 84.9 Å². The summed E-state index contributed by atoms with van der Waals surface area (Å²) >= 11 is 5.61. The molecule has 0 aliphatic carbocycles. The van der Waals surface area contributed by atoms with Crippen LogP contribution in [0, 0.1) is 0 Å². The molecule has 0 amide bonds. The molecule has 1 N–H and O–H groups in total. The highest BCUT2D eigenvalue weighted by molar-refractivity contribution is 7.84. The van der Waals surface area contributed by atoms with Crippen LogP contribution in [0.5, 0.6) is 5.75 Å². The largest absolute Gasteiger partial charge is 0.497 e. The van der Waals surface area contributed by atoms with Crippen molar-refractivity contribution in [2.45, 2.75) is 5.78 Å². The Bertz CT molecular complexity index is 994. The summed E-state index contributed by atoms with van der Waals surface area (Å²) in [5, 5.41) is 4.53. The van der Waals surface area contributed by atoms with E-state index in [1.807, 2.05) is 84.9 Å². The summed E-state index contributed by atoms with van der Waals surface area (Å²) in [7, 11) is -1.50. The minimum atomic E-state index is -3.13. The van der Waals surface area contributed by atoms with Gasteiger partial charge in [-0.05, 0) is 54.2 Å². The molecule has 2 unspecified atom stereocenters. The second kappa shape index (κ2) is 7.18. The standard InChI is InChI=1S/C21H19N2O2PS/c1-25-18-14-12-16(13-15-18)20-22-21(27)23(17-8-4-2-5-9-17)26(20,24)19-10-6-3-7-11-19/h2-15,20H,1H3,(H,22,27). The van der Waals surface area contributed by atoms with E-state index >= 15 is 0 Å². The van der Waals surface area contributed by atoms with Crippen molar-refractivity contribution in [2.75, 3.05) is 11.8 Å². The van der Waals surface area contributed by atoms with E-state index in [-0.39, 0.29) is 0 Å². The number of ether oxygens (including phenoxy) is 1. The van der Waals surface area contributed by atoms with Crippen molar-refractivity contribution in [3.63, 3.8) is 0 Å². The summed E-state index contributed by atoms with van der Waals surface area (Å²) in [6.07, 6.45) is 0. The highest BCUT2D eigenvalue weighted by atomic mass is 32.1. The zero-order valence-corrected chi connectivity index (χ0v) is 16.5. The molecule has 0 radical (unpaired) electrons. The number of hydrogen-bond acceptors (Lipinski definition) is 3. The molecule has 0 aromatic heterocycles. The van der Waals surface area contributed by atoms with Gasteiger partial charge in [0.1, 0.15) is 11.5 Å². The van der Waals surface area contributed by atoms with Crippen molar-refractivity contribution in [1.82, 2.24) is 5.32 Å². The lowest BCUT2D eigenvalue weighted by Crippen LogP contribution is -2.27. The molecule has 1 heterocycles. The molecule has 136 valence electrons. The van der Waals surface area contributed by atoms with Crippen LogP contribution in [-0.2, 0) is 4.57 Å². The summed E-state index contributed by atoms with van der Waals surface area (Å²) in [4.78, 5) is 0. The van der Waals surface area contributed by atoms with Crippen molar-refractivity contribution >= 4 is 35.6 Å². The number of benzene rings is 3. The molecule has 4 rings (SSSR count). The number of nitrogens with zero attached hydrogens (tertiary/aromatic N) is 1. The molecule has 27 heavy (non-hydrogen) atoms. The van der Waals surface area contributed by atoms with Gasteiger partial charge in [-0.1, -0.05) is 48.5 Å². The monoisotopic (exact) mass is 394 g/mol. The fraction of sp³-hybridized carbons (Fsp3) is 0.0952. The zero-order valence-electron chi connectivity index (χ0n) is 14.8. The molecule has 2 atom stereocenters. The summed E-state index contributed by atoms with van der Waals surface area (Å²) in [5.74, 6) is 0.326. The van der Waals surface area contributed by atoms with E-state index in [4.69, 9.17) is 17.0 Å². The van der Waals surface area contributed by atoms with Crippen molar-refractivity contribution in [2.24, 2.45) is 0 Å². The van der Waals surface area contributed by atoms with Crippen LogP contribution in [-0.4, -0.2) is 12.2 Å². The van der Waals surface area contributed by atoms with Crippen molar-refractivity contribution in [3.8, 4) is 5.75 Å². The number of thiocarbonyl (C=S) groups is 1. The van der Waals surface area contributed by atoms with Crippen LogP contribution in [0.3, 0.4) is 0 Å². The number of hydrogen-bond donors (Lipinski definition) is 1. The van der Waals surface area contributed by atoms with Gasteiger partial charge in [-0.25, -0.2) is 0 Å². The molecular weight excluding hydrogens is 375 g/mol. The van der Waals surface area contributed by atoms with Gasteiger partial charge in [0, 0.05) is 5.30 Å². The van der Waals surface area contributed by atoms with Gasteiger partial charge in [0.25, 0.3) is 0 Å².